The smallest absolute Gasteiger partial charge is 0.262 e. The number of hydrogen-bond acceptors (Lipinski definition) is 5. The van der Waals surface area contributed by atoms with Crippen molar-refractivity contribution < 1.29 is 19.1 Å². The number of hydrazone groups is 1. The fraction of sp³-hybridized carbons (Fsp3) is 0.206. The van der Waals surface area contributed by atoms with E-state index in [4.69, 9.17) is 9.47 Å². The van der Waals surface area contributed by atoms with Crippen LogP contribution in [0.3, 0.4) is 0 Å². The molecule has 0 bridgehead atoms. The van der Waals surface area contributed by atoms with Gasteiger partial charge in [-0.1, -0.05) is 105 Å². The van der Waals surface area contributed by atoms with E-state index in [1.54, 1.807) is 19.2 Å². The van der Waals surface area contributed by atoms with Crippen LogP contribution in [0.1, 0.15) is 42.0 Å². The highest BCUT2D eigenvalue weighted by atomic mass is 16.5. The van der Waals surface area contributed by atoms with Crippen molar-refractivity contribution in [1.29, 1.82) is 0 Å². The van der Waals surface area contributed by atoms with Crippen LogP contribution >= 0.6 is 0 Å². The number of nitrogens with one attached hydrogen (secondary N) is 2. The van der Waals surface area contributed by atoms with E-state index in [0.717, 1.165) is 16.7 Å². The zero-order chi connectivity index (χ0) is 29.0. The molecular weight excluding hydrogens is 514 g/mol. The highest BCUT2D eigenvalue weighted by Gasteiger charge is 2.29. The van der Waals surface area contributed by atoms with Gasteiger partial charge in [0.05, 0.1) is 19.2 Å². The van der Waals surface area contributed by atoms with Gasteiger partial charge >= 0.3 is 0 Å². The minimum Gasteiger partial charge on any atom is -0.493 e. The number of rotatable bonds is 12. The van der Waals surface area contributed by atoms with Crippen molar-refractivity contribution >= 4 is 18.0 Å². The standard InChI is InChI=1S/C34H35N3O4/c1-24(2)32(36-33(38)31(27-15-9-5-10-16-27)28-17-11-6-12-18-28)34(39)37-35-22-26-19-20-29(40-3)30(21-26)41-23-25-13-7-4-8-14-25/h4-22,24,31-32H,23H2,1-3H3,(H,36,38)(H,37,39)/b35-22-/t32-/m0/s1. The molecule has 41 heavy (non-hydrogen) atoms. The SMILES string of the molecule is COc1ccc(/C=N\NC(=O)[C@@H](NC(=O)C(c2ccccc2)c2ccccc2)C(C)C)cc1OCc1ccccc1. The first-order valence-electron chi connectivity index (χ1n) is 13.5. The molecule has 7 heteroatoms. The van der Waals surface area contributed by atoms with Crippen LogP contribution in [0.25, 0.3) is 0 Å². The van der Waals surface area contributed by atoms with Crippen LogP contribution in [0.5, 0.6) is 11.5 Å². The van der Waals surface area contributed by atoms with Crippen molar-refractivity contribution in [2.75, 3.05) is 7.11 Å². The molecule has 4 aromatic rings. The van der Waals surface area contributed by atoms with E-state index in [1.807, 2.05) is 111 Å². The number of nitrogens with zero attached hydrogens (tertiary/aromatic N) is 1. The number of amides is 2. The largest absolute Gasteiger partial charge is 0.493 e. The van der Waals surface area contributed by atoms with Crippen LogP contribution in [0.2, 0.25) is 0 Å². The van der Waals surface area contributed by atoms with Crippen molar-refractivity contribution in [3.05, 3.63) is 131 Å². The maximum Gasteiger partial charge on any atom is 0.262 e. The van der Waals surface area contributed by atoms with Crippen molar-refractivity contribution in [3.63, 3.8) is 0 Å². The molecule has 0 aromatic heterocycles. The van der Waals surface area contributed by atoms with Gasteiger partial charge in [0.15, 0.2) is 11.5 Å². The maximum atomic E-state index is 13.6. The zero-order valence-corrected chi connectivity index (χ0v) is 23.5. The van der Waals surface area contributed by atoms with Crippen molar-refractivity contribution in [2.24, 2.45) is 11.0 Å². The molecule has 4 aromatic carbocycles. The third-order valence-corrected chi connectivity index (χ3v) is 6.59. The normalized spacial score (nSPS) is 11.8. The molecule has 0 radical (unpaired) electrons. The average molecular weight is 550 g/mol. The molecule has 2 N–H and O–H groups in total. The molecule has 0 heterocycles. The zero-order valence-electron chi connectivity index (χ0n) is 23.5. The van der Waals surface area contributed by atoms with Crippen LogP contribution in [0, 0.1) is 5.92 Å². The predicted molar refractivity (Wildman–Crippen MR) is 161 cm³/mol. The minimum absolute atomic E-state index is 0.166. The van der Waals surface area contributed by atoms with Gasteiger partial charge in [-0.2, -0.15) is 5.10 Å². The summed E-state index contributed by atoms with van der Waals surface area (Å²) in [7, 11) is 1.58. The quantitative estimate of drug-likeness (QED) is 0.175. The number of carbonyl (C=O) groups is 2. The Balaban J connectivity index is 1.44. The van der Waals surface area contributed by atoms with Gasteiger partial charge in [0.25, 0.3) is 5.91 Å². The molecule has 0 saturated heterocycles. The lowest BCUT2D eigenvalue weighted by Crippen LogP contribution is -2.50. The van der Waals surface area contributed by atoms with E-state index in [-0.39, 0.29) is 11.8 Å². The molecule has 0 spiro atoms. The Bertz CT molecular complexity index is 1400. The second kappa shape index (κ2) is 14.5. The Labute approximate surface area is 241 Å². The summed E-state index contributed by atoms with van der Waals surface area (Å²) >= 11 is 0. The van der Waals surface area contributed by atoms with Crippen LogP contribution < -0.4 is 20.2 Å². The van der Waals surface area contributed by atoms with Crippen molar-refractivity contribution in [1.82, 2.24) is 10.7 Å². The number of methoxy groups -OCH3 is 1. The third kappa shape index (κ3) is 8.05. The molecule has 2 amide bonds. The van der Waals surface area contributed by atoms with Crippen LogP contribution in [-0.4, -0.2) is 31.2 Å². The predicted octanol–water partition coefficient (Wildman–Crippen LogP) is 5.70. The Hall–Kier alpha value is -4.91. The molecule has 0 saturated carbocycles. The van der Waals surface area contributed by atoms with Crippen molar-refractivity contribution in [2.45, 2.75) is 32.4 Å². The minimum atomic E-state index is -0.782. The van der Waals surface area contributed by atoms with Gasteiger partial charge in [-0.05, 0) is 46.4 Å². The molecule has 0 aliphatic heterocycles. The summed E-state index contributed by atoms with van der Waals surface area (Å²) in [6.45, 7) is 4.15. The molecule has 210 valence electrons. The highest BCUT2D eigenvalue weighted by Crippen LogP contribution is 2.28. The highest BCUT2D eigenvalue weighted by molar-refractivity contribution is 5.93. The lowest BCUT2D eigenvalue weighted by Gasteiger charge is -2.24. The Morgan fingerprint density at radius 2 is 1.37 bits per heavy atom. The van der Waals surface area contributed by atoms with Gasteiger partial charge in [0.1, 0.15) is 12.6 Å². The third-order valence-electron chi connectivity index (χ3n) is 6.59. The monoisotopic (exact) mass is 549 g/mol. The molecule has 0 aliphatic rings. The van der Waals surface area contributed by atoms with Gasteiger partial charge in [-0.25, -0.2) is 5.43 Å². The van der Waals surface area contributed by atoms with Gasteiger partial charge in [-0.3, -0.25) is 9.59 Å². The summed E-state index contributed by atoms with van der Waals surface area (Å²) in [6.07, 6.45) is 1.53. The van der Waals surface area contributed by atoms with E-state index >= 15 is 0 Å². The van der Waals surface area contributed by atoms with Crippen molar-refractivity contribution in [3.8, 4) is 11.5 Å². The molecule has 0 aliphatic carbocycles. The second-order valence-electron chi connectivity index (χ2n) is 9.90. The van der Waals surface area contributed by atoms with Gasteiger partial charge in [0.2, 0.25) is 5.91 Å². The average Bonchev–Trinajstić information content (AvgIpc) is 3.00. The van der Waals surface area contributed by atoms with Gasteiger partial charge in [0, 0.05) is 0 Å². The van der Waals surface area contributed by atoms with E-state index in [9.17, 15) is 9.59 Å². The number of carbonyl (C=O) groups excluding carboxylic acids is 2. The van der Waals surface area contributed by atoms with Gasteiger partial charge in [-0.15, -0.1) is 0 Å². The molecule has 0 fully saturated rings. The lowest BCUT2D eigenvalue weighted by atomic mass is 9.89. The first-order chi connectivity index (χ1) is 20.0. The number of hydrogen-bond donors (Lipinski definition) is 2. The van der Waals surface area contributed by atoms with Crippen LogP contribution in [-0.2, 0) is 16.2 Å². The van der Waals surface area contributed by atoms with Gasteiger partial charge < -0.3 is 14.8 Å². The molecule has 4 rings (SSSR count). The second-order valence-corrected chi connectivity index (χ2v) is 9.90. The van der Waals surface area contributed by atoms with E-state index in [2.05, 4.69) is 15.8 Å². The first kappa shape index (κ1) is 29.1. The Kier molecular flexibility index (Phi) is 10.3. The Morgan fingerprint density at radius 3 is 1.93 bits per heavy atom. The maximum absolute atomic E-state index is 13.6. The molecule has 0 unspecified atom stereocenters. The summed E-state index contributed by atoms with van der Waals surface area (Å²) in [4.78, 5) is 26.7. The summed E-state index contributed by atoms with van der Waals surface area (Å²) in [5, 5.41) is 7.11. The molecular formula is C34H35N3O4. The van der Waals surface area contributed by atoms with E-state index in [1.165, 1.54) is 6.21 Å². The molecule has 7 nitrogen and oxygen atoms in total. The molecule has 1 atom stereocenters. The fourth-order valence-corrected chi connectivity index (χ4v) is 4.42. The summed E-state index contributed by atoms with van der Waals surface area (Å²) in [5.41, 5.74) is 6.03. The Morgan fingerprint density at radius 1 is 0.780 bits per heavy atom. The van der Waals surface area contributed by atoms with Crippen LogP contribution in [0.4, 0.5) is 0 Å². The topological polar surface area (TPSA) is 89.0 Å². The summed E-state index contributed by atoms with van der Waals surface area (Å²) in [5.74, 6) is -0.221. The number of benzene rings is 4. The summed E-state index contributed by atoms with van der Waals surface area (Å²) in [6, 6.07) is 33.5. The first-order valence-corrected chi connectivity index (χ1v) is 13.5. The number of ether oxygens (including phenoxy) is 2. The van der Waals surface area contributed by atoms with E-state index < -0.39 is 17.9 Å². The lowest BCUT2D eigenvalue weighted by molar-refractivity contribution is -0.130. The summed E-state index contributed by atoms with van der Waals surface area (Å²) < 4.78 is 11.4. The fourth-order valence-electron chi connectivity index (χ4n) is 4.42. The van der Waals surface area contributed by atoms with E-state index in [0.29, 0.717) is 23.7 Å². The van der Waals surface area contributed by atoms with Crippen LogP contribution in [0.15, 0.2) is 114 Å².